The van der Waals surface area contributed by atoms with Crippen molar-refractivity contribution >= 4 is 21.4 Å². The summed E-state index contributed by atoms with van der Waals surface area (Å²) in [5, 5.41) is 10.9. The molecule has 120 valence electrons. The van der Waals surface area contributed by atoms with E-state index in [1.165, 1.54) is 0 Å². The summed E-state index contributed by atoms with van der Waals surface area (Å²) in [7, 11) is -3.37. The van der Waals surface area contributed by atoms with Gasteiger partial charge in [-0.15, -0.1) is 0 Å². The van der Waals surface area contributed by atoms with Gasteiger partial charge in [0.1, 0.15) is 17.6 Å². The van der Waals surface area contributed by atoms with Gasteiger partial charge >= 0.3 is 0 Å². The second-order valence-corrected chi connectivity index (χ2v) is 7.00. The minimum absolute atomic E-state index is 0.0369. The summed E-state index contributed by atoms with van der Waals surface area (Å²) in [6.45, 7) is 1.94. The van der Waals surface area contributed by atoms with Gasteiger partial charge in [-0.25, -0.2) is 8.42 Å². The van der Waals surface area contributed by atoms with E-state index in [9.17, 15) is 13.2 Å². The summed E-state index contributed by atoms with van der Waals surface area (Å²) in [6.07, 6.45) is 2.35. The number of nitrogens with zero attached hydrogens (tertiary/aromatic N) is 1. The number of hydrogen-bond donors (Lipinski definition) is 1. The maximum atomic E-state index is 11.8. The van der Waals surface area contributed by atoms with Crippen molar-refractivity contribution in [2.45, 2.75) is 26.2 Å². The molecule has 0 spiro atoms. The largest absolute Gasteiger partial charge is 0.479 e. The Morgan fingerprint density at radius 2 is 1.95 bits per heavy atom. The Hall–Kier alpha value is -2.07. The number of hydrogen-bond acceptors (Lipinski definition) is 5. The van der Waals surface area contributed by atoms with Crippen LogP contribution in [0.15, 0.2) is 24.3 Å². The molecule has 1 rings (SSSR count). The van der Waals surface area contributed by atoms with Crippen molar-refractivity contribution in [3.8, 4) is 11.8 Å². The van der Waals surface area contributed by atoms with Crippen molar-refractivity contribution in [2.75, 3.05) is 23.4 Å². The Morgan fingerprint density at radius 1 is 1.27 bits per heavy atom. The number of nitriles is 1. The standard InChI is InChI=1S/C15H20N2O4S/c1-2-3-4-11-22(19,20)12-15(18)17-13-5-7-14(8-6-13)21-10-9-16/h5-8H,2-4,10-12H2,1H3,(H,17,18). The molecule has 1 aromatic rings. The highest BCUT2D eigenvalue weighted by Gasteiger charge is 2.16. The number of nitrogens with one attached hydrogen (secondary N) is 1. The van der Waals surface area contributed by atoms with Crippen molar-refractivity contribution in [1.29, 1.82) is 5.26 Å². The first-order chi connectivity index (χ1) is 10.5. The van der Waals surface area contributed by atoms with Crippen LogP contribution in [-0.4, -0.2) is 32.4 Å². The second-order valence-electron chi connectivity index (χ2n) is 4.82. The van der Waals surface area contributed by atoms with Crippen LogP contribution in [0.3, 0.4) is 0 Å². The molecule has 22 heavy (non-hydrogen) atoms. The first kappa shape index (κ1) is 18.0. The van der Waals surface area contributed by atoms with Crippen molar-refractivity contribution in [1.82, 2.24) is 0 Å². The van der Waals surface area contributed by atoms with Gasteiger partial charge in [-0.2, -0.15) is 5.26 Å². The van der Waals surface area contributed by atoms with Crippen molar-refractivity contribution in [2.24, 2.45) is 0 Å². The minimum atomic E-state index is -3.37. The SMILES string of the molecule is CCCCCS(=O)(=O)CC(=O)Nc1ccc(OCC#N)cc1. The molecule has 0 heterocycles. The van der Waals surface area contributed by atoms with Crippen LogP contribution in [0.4, 0.5) is 5.69 Å². The zero-order chi connectivity index (χ0) is 16.4. The Morgan fingerprint density at radius 3 is 2.55 bits per heavy atom. The molecule has 0 unspecified atom stereocenters. The van der Waals surface area contributed by atoms with E-state index in [0.29, 0.717) is 17.9 Å². The third-order valence-electron chi connectivity index (χ3n) is 2.85. The minimum Gasteiger partial charge on any atom is -0.479 e. The quantitative estimate of drug-likeness (QED) is 0.702. The van der Waals surface area contributed by atoms with E-state index < -0.39 is 21.5 Å². The maximum absolute atomic E-state index is 11.8. The summed E-state index contributed by atoms with van der Waals surface area (Å²) < 4.78 is 28.6. The van der Waals surface area contributed by atoms with E-state index in [0.717, 1.165) is 12.8 Å². The molecule has 0 saturated carbocycles. The number of carbonyl (C=O) groups excluding carboxylic acids is 1. The van der Waals surface area contributed by atoms with Gasteiger partial charge in [0.05, 0.1) is 5.75 Å². The van der Waals surface area contributed by atoms with Crippen LogP contribution < -0.4 is 10.1 Å². The fourth-order valence-electron chi connectivity index (χ4n) is 1.79. The topological polar surface area (TPSA) is 96.3 Å². The molecule has 7 heteroatoms. The number of benzene rings is 1. The number of anilines is 1. The average molecular weight is 324 g/mol. The molecular formula is C15H20N2O4S. The summed E-state index contributed by atoms with van der Waals surface area (Å²) in [5.41, 5.74) is 0.484. The van der Waals surface area contributed by atoms with Gasteiger partial charge in [0.2, 0.25) is 5.91 Å². The summed E-state index contributed by atoms with van der Waals surface area (Å²) >= 11 is 0. The lowest BCUT2D eigenvalue weighted by molar-refractivity contribution is -0.113. The maximum Gasteiger partial charge on any atom is 0.239 e. The number of unbranched alkanes of at least 4 members (excludes halogenated alkanes) is 2. The lowest BCUT2D eigenvalue weighted by Gasteiger charge is -2.07. The van der Waals surface area contributed by atoms with Crippen LogP contribution in [0.5, 0.6) is 5.75 Å². The van der Waals surface area contributed by atoms with Crippen LogP contribution in [0.2, 0.25) is 0 Å². The Balaban J connectivity index is 2.49. The first-order valence-corrected chi connectivity index (χ1v) is 8.89. The molecule has 0 atom stereocenters. The third kappa shape index (κ3) is 7.09. The Bertz CT molecular complexity index is 618. The number of ether oxygens (including phenoxy) is 1. The monoisotopic (exact) mass is 324 g/mol. The van der Waals surface area contributed by atoms with Crippen molar-refractivity contribution in [3.05, 3.63) is 24.3 Å². The number of rotatable bonds is 9. The molecule has 0 aliphatic carbocycles. The van der Waals surface area contributed by atoms with Gasteiger partial charge in [-0.05, 0) is 30.7 Å². The molecule has 1 aromatic carbocycles. The third-order valence-corrected chi connectivity index (χ3v) is 4.46. The summed E-state index contributed by atoms with van der Waals surface area (Å²) in [5.74, 6) is -0.521. The molecule has 0 bridgehead atoms. The molecule has 0 radical (unpaired) electrons. The average Bonchev–Trinajstić information content (AvgIpc) is 2.46. The first-order valence-electron chi connectivity index (χ1n) is 7.07. The van der Waals surface area contributed by atoms with Crippen molar-refractivity contribution < 1.29 is 17.9 Å². The molecule has 0 aromatic heterocycles. The van der Waals surface area contributed by atoms with E-state index >= 15 is 0 Å². The summed E-state index contributed by atoms with van der Waals surface area (Å²) in [6, 6.07) is 8.23. The van der Waals surface area contributed by atoms with Gasteiger partial charge in [0.15, 0.2) is 16.4 Å². The molecule has 0 fully saturated rings. The number of carbonyl (C=O) groups is 1. The normalized spacial score (nSPS) is 10.7. The predicted octanol–water partition coefficient (Wildman–Crippen LogP) is 2.13. The molecule has 0 saturated heterocycles. The highest BCUT2D eigenvalue weighted by molar-refractivity contribution is 7.92. The van der Waals surface area contributed by atoms with E-state index in [1.54, 1.807) is 24.3 Å². The lowest BCUT2D eigenvalue weighted by atomic mass is 10.3. The van der Waals surface area contributed by atoms with Crippen molar-refractivity contribution in [3.63, 3.8) is 0 Å². The fourth-order valence-corrected chi connectivity index (χ4v) is 3.05. The fraction of sp³-hybridized carbons (Fsp3) is 0.467. The van der Waals surface area contributed by atoms with E-state index in [-0.39, 0.29) is 12.4 Å². The van der Waals surface area contributed by atoms with Gasteiger partial charge in [-0.3, -0.25) is 4.79 Å². The van der Waals surface area contributed by atoms with Gasteiger partial charge in [-0.1, -0.05) is 19.8 Å². The summed E-state index contributed by atoms with van der Waals surface area (Å²) in [4.78, 5) is 11.8. The number of amides is 1. The van der Waals surface area contributed by atoms with E-state index in [1.807, 2.05) is 13.0 Å². The van der Waals surface area contributed by atoms with Gasteiger partial charge in [0, 0.05) is 5.69 Å². The van der Waals surface area contributed by atoms with E-state index in [4.69, 9.17) is 10.00 Å². The Kier molecular flexibility index (Phi) is 7.40. The van der Waals surface area contributed by atoms with Gasteiger partial charge < -0.3 is 10.1 Å². The second kappa shape index (κ2) is 9.05. The number of sulfone groups is 1. The highest BCUT2D eigenvalue weighted by Crippen LogP contribution is 2.15. The van der Waals surface area contributed by atoms with Crippen LogP contribution in [0.1, 0.15) is 26.2 Å². The molecule has 0 aliphatic heterocycles. The molecule has 1 amide bonds. The zero-order valence-electron chi connectivity index (χ0n) is 12.5. The molecule has 1 N–H and O–H groups in total. The molecule has 0 aliphatic rings. The molecule has 6 nitrogen and oxygen atoms in total. The zero-order valence-corrected chi connectivity index (χ0v) is 13.4. The van der Waals surface area contributed by atoms with Crippen LogP contribution >= 0.6 is 0 Å². The lowest BCUT2D eigenvalue weighted by Crippen LogP contribution is -2.24. The Labute approximate surface area is 131 Å². The molecular weight excluding hydrogens is 304 g/mol. The smallest absolute Gasteiger partial charge is 0.239 e. The van der Waals surface area contributed by atoms with Gasteiger partial charge in [0.25, 0.3) is 0 Å². The van der Waals surface area contributed by atoms with E-state index in [2.05, 4.69) is 5.32 Å². The van der Waals surface area contributed by atoms with Crippen LogP contribution in [-0.2, 0) is 14.6 Å². The van der Waals surface area contributed by atoms with Crippen LogP contribution in [0.25, 0.3) is 0 Å². The highest BCUT2D eigenvalue weighted by atomic mass is 32.2. The predicted molar refractivity (Wildman–Crippen MR) is 84.4 cm³/mol. The van der Waals surface area contributed by atoms with Crippen LogP contribution in [0, 0.1) is 11.3 Å².